The number of piperazine rings is 1. The molecule has 2 heterocycles. The number of rotatable bonds is 5. The first kappa shape index (κ1) is 19.9. The molecule has 2 aliphatic heterocycles. The summed E-state index contributed by atoms with van der Waals surface area (Å²) in [5.74, 6) is -0.677. The Morgan fingerprint density at radius 1 is 1.26 bits per heavy atom. The fourth-order valence-corrected chi connectivity index (χ4v) is 4.08. The third-order valence-corrected chi connectivity index (χ3v) is 5.77. The molecule has 9 heteroatoms. The molecule has 0 spiro atoms. The molecule has 1 aromatic rings. The van der Waals surface area contributed by atoms with E-state index in [1.807, 2.05) is 12.1 Å². The van der Waals surface area contributed by atoms with E-state index in [2.05, 4.69) is 10.3 Å². The number of carbonyl (C=O) groups excluding carboxylic acids is 2. The van der Waals surface area contributed by atoms with Gasteiger partial charge in [0.1, 0.15) is 10.1 Å². The number of hydrogen-bond acceptors (Lipinski definition) is 6. The zero-order valence-corrected chi connectivity index (χ0v) is 16.6. The molecule has 2 fully saturated rings. The third kappa shape index (κ3) is 5.35. The minimum Gasteiger partial charge on any atom is -0.304 e. The Morgan fingerprint density at radius 3 is 2.59 bits per heavy atom. The summed E-state index contributed by atoms with van der Waals surface area (Å²) >= 11 is 6.47. The van der Waals surface area contributed by atoms with Gasteiger partial charge in [-0.2, -0.15) is 0 Å². The molecule has 0 radical (unpaired) electrons. The normalized spacial score (nSPS) is 20.5. The van der Waals surface area contributed by atoms with Crippen molar-refractivity contribution in [3.05, 3.63) is 40.6 Å². The van der Waals surface area contributed by atoms with Crippen LogP contribution in [0.3, 0.4) is 0 Å². The highest BCUT2D eigenvalue weighted by atomic mass is 32.2. The number of hydrazine groups is 1. The summed E-state index contributed by atoms with van der Waals surface area (Å²) in [6.07, 6.45) is 1.87. The van der Waals surface area contributed by atoms with Crippen molar-refractivity contribution in [2.24, 2.45) is 0 Å². The number of thioether (sulfide) groups is 1. The Kier molecular flexibility index (Phi) is 6.59. The van der Waals surface area contributed by atoms with Crippen molar-refractivity contribution in [1.82, 2.24) is 20.2 Å². The Hall–Kier alpha value is -1.81. The van der Waals surface area contributed by atoms with Gasteiger partial charge in [-0.05, 0) is 30.8 Å². The molecule has 3 rings (SSSR count). The van der Waals surface area contributed by atoms with E-state index in [1.54, 1.807) is 18.2 Å². The van der Waals surface area contributed by atoms with E-state index in [1.165, 1.54) is 28.8 Å². The van der Waals surface area contributed by atoms with Crippen LogP contribution in [0.25, 0.3) is 6.08 Å². The van der Waals surface area contributed by atoms with Gasteiger partial charge < -0.3 is 4.90 Å². The maximum Gasteiger partial charge on any atom is 0.266 e. The maximum absolute atomic E-state index is 13.0. The molecular formula is C18H21FN4O2S2. The first-order chi connectivity index (χ1) is 12.9. The molecule has 144 valence electrons. The van der Waals surface area contributed by atoms with Crippen LogP contribution in [0.5, 0.6) is 0 Å². The van der Waals surface area contributed by atoms with Gasteiger partial charge in [-0.3, -0.25) is 19.9 Å². The largest absolute Gasteiger partial charge is 0.304 e. The fraction of sp³-hybridized carbons (Fsp3) is 0.389. The molecule has 0 unspecified atom stereocenters. The number of amides is 2. The van der Waals surface area contributed by atoms with E-state index in [-0.39, 0.29) is 30.6 Å². The van der Waals surface area contributed by atoms with Crippen molar-refractivity contribution in [3.8, 4) is 0 Å². The lowest BCUT2D eigenvalue weighted by Crippen LogP contribution is -2.52. The van der Waals surface area contributed by atoms with E-state index >= 15 is 0 Å². The lowest BCUT2D eigenvalue weighted by atomic mass is 10.2. The molecule has 0 saturated carbocycles. The van der Waals surface area contributed by atoms with Gasteiger partial charge in [-0.1, -0.05) is 36.1 Å². The number of thiocarbonyl (C=S) groups is 1. The van der Waals surface area contributed by atoms with Crippen LogP contribution in [0, 0.1) is 5.82 Å². The second kappa shape index (κ2) is 8.92. The number of carbonyl (C=O) groups is 2. The fourth-order valence-electron chi connectivity index (χ4n) is 2.77. The minimum absolute atomic E-state index is 0.129. The quantitative estimate of drug-likeness (QED) is 0.591. The number of nitrogens with zero attached hydrogens (tertiary/aromatic N) is 3. The van der Waals surface area contributed by atoms with Crippen LogP contribution in [0.2, 0.25) is 0 Å². The molecular weight excluding hydrogens is 387 g/mol. The van der Waals surface area contributed by atoms with E-state index < -0.39 is 0 Å². The van der Waals surface area contributed by atoms with E-state index in [4.69, 9.17) is 12.2 Å². The Bertz CT molecular complexity index is 761. The van der Waals surface area contributed by atoms with Crippen LogP contribution < -0.4 is 5.43 Å². The number of likely N-dealkylation sites (N-methyl/N-ethyl adjacent to an activating group) is 1. The summed E-state index contributed by atoms with van der Waals surface area (Å²) in [5.41, 5.74) is 3.61. The van der Waals surface area contributed by atoms with E-state index in [0.29, 0.717) is 9.23 Å². The average Bonchev–Trinajstić information content (AvgIpc) is 2.90. The molecule has 0 aliphatic carbocycles. The molecule has 2 saturated heterocycles. The van der Waals surface area contributed by atoms with Gasteiger partial charge in [0.2, 0.25) is 5.91 Å². The van der Waals surface area contributed by atoms with E-state index in [9.17, 15) is 14.0 Å². The van der Waals surface area contributed by atoms with Crippen LogP contribution >= 0.6 is 24.0 Å². The summed E-state index contributed by atoms with van der Waals surface area (Å²) < 4.78 is 13.4. The molecule has 2 amide bonds. The second-order valence-electron chi connectivity index (χ2n) is 6.46. The first-order valence-corrected chi connectivity index (χ1v) is 9.89. The van der Waals surface area contributed by atoms with Crippen LogP contribution in [0.1, 0.15) is 12.0 Å². The summed E-state index contributed by atoms with van der Waals surface area (Å²) in [6.45, 7) is 3.62. The number of benzene rings is 1. The smallest absolute Gasteiger partial charge is 0.266 e. The monoisotopic (exact) mass is 408 g/mol. The van der Waals surface area contributed by atoms with Crippen LogP contribution in [0.4, 0.5) is 4.39 Å². The van der Waals surface area contributed by atoms with Crippen LogP contribution in [0.15, 0.2) is 29.2 Å². The zero-order valence-electron chi connectivity index (χ0n) is 15.0. The van der Waals surface area contributed by atoms with Crippen molar-refractivity contribution >= 4 is 46.2 Å². The standard InChI is InChI=1S/C18H21FN4O2S2/c1-21-8-10-22(11-9-21)20-16(24)6-7-23-17(25)15(27-18(23)26)12-13-2-4-14(19)5-3-13/h2-5,12H,6-11H2,1H3,(H,20,24)/b15-12-. The topological polar surface area (TPSA) is 55.9 Å². The zero-order chi connectivity index (χ0) is 19.4. The molecule has 27 heavy (non-hydrogen) atoms. The van der Waals surface area contributed by atoms with Gasteiger partial charge in [0.15, 0.2) is 0 Å². The maximum atomic E-state index is 13.0. The molecule has 1 aromatic carbocycles. The van der Waals surface area contributed by atoms with Crippen LogP contribution in [-0.2, 0) is 9.59 Å². The average molecular weight is 409 g/mol. The predicted molar refractivity (Wildman–Crippen MR) is 108 cm³/mol. The SMILES string of the molecule is CN1CCN(NC(=O)CCN2C(=O)/C(=C/c3ccc(F)cc3)SC2=S)CC1. The van der Waals surface area contributed by atoms with Gasteiger partial charge in [-0.25, -0.2) is 9.40 Å². The second-order valence-corrected chi connectivity index (χ2v) is 8.14. The van der Waals surface area contributed by atoms with Gasteiger partial charge in [0.25, 0.3) is 5.91 Å². The molecule has 0 aromatic heterocycles. The van der Waals surface area contributed by atoms with Gasteiger partial charge in [-0.15, -0.1) is 0 Å². The highest BCUT2D eigenvalue weighted by Crippen LogP contribution is 2.32. The molecule has 1 N–H and O–H groups in total. The minimum atomic E-state index is -0.328. The van der Waals surface area contributed by atoms with Crippen molar-refractivity contribution in [3.63, 3.8) is 0 Å². The van der Waals surface area contributed by atoms with Crippen molar-refractivity contribution in [1.29, 1.82) is 0 Å². The summed E-state index contributed by atoms with van der Waals surface area (Å²) in [5, 5.41) is 1.90. The van der Waals surface area contributed by atoms with Crippen molar-refractivity contribution in [2.45, 2.75) is 6.42 Å². The number of hydrogen-bond donors (Lipinski definition) is 1. The Morgan fingerprint density at radius 2 is 1.93 bits per heavy atom. The van der Waals surface area contributed by atoms with Crippen molar-refractivity contribution < 1.29 is 14.0 Å². The summed E-state index contributed by atoms with van der Waals surface area (Å²) in [7, 11) is 2.05. The third-order valence-electron chi connectivity index (χ3n) is 4.39. The van der Waals surface area contributed by atoms with Gasteiger partial charge in [0.05, 0.1) is 4.91 Å². The molecule has 0 bridgehead atoms. The Balaban J connectivity index is 1.53. The van der Waals surface area contributed by atoms with Crippen LogP contribution in [-0.4, -0.2) is 70.7 Å². The highest BCUT2D eigenvalue weighted by Gasteiger charge is 2.32. The molecule has 0 atom stereocenters. The lowest BCUT2D eigenvalue weighted by Gasteiger charge is -2.32. The highest BCUT2D eigenvalue weighted by molar-refractivity contribution is 8.26. The van der Waals surface area contributed by atoms with Gasteiger partial charge in [0, 0.05) is 39.1 Å². The summed E-state index contributed by atoms with van der Waals surface area (Å²) in [6, 6.07) is 5.89. The predicted octanol–water partition coefficient (Wildman–Crippen LogP) is 1.70. The molecule has 2 aliphatic rings. The van der Waals surface area contributed by atoms with Crippen molar-refractivity contribution in [2.75, 3.05) is 39.8 Å². The van der Waals surface area contributed by atoms with E-state index in [0.717, 1.165) is 31.7 Å². The summed E-state index contributed by atoms with van der Waals surface area (Å²) in [4.78, 5) is 28.8. The van der Waals surface area contributed by atoms with Gasteiger partial charge >= 0.3 is 0 Å². The first-order valence-electron chi connectivity index (χ1n) is 8.66. The number of nitrogens with one attached hydrogen (secondary N) is 1. The number of halogens is 1. The Labute approximate surface area is 167 Å². The molecule has 6 nitrogen and oxygen atoms in total. The lowest BCUT2D eigenvalue weighted by molar-refractivity contribution is -0.127.